The molecule has 0 fully saturated rings. The first-order valence-corrected chi connectivity index (χ1v) is 8.30. The third-order valence-corrected chi connectivity index (χ3v) is 4.54. The predicted molar refractivity (Wildman–Crippen MR) is 93.6 cm³/mol. The van der Waals surface area contributed by atoms with E-state index in [0.717, 1.165) is 21.3 Å². The third kappa shape index (κ3) is 3.98. The monoisotopic (exact) mass is 347 g/mol. The first kappa shape index (κ1) is 18.1. The summed E-state index contributed by atoms with van der Waals surface area (Å²) >= 11 is 1.56. The minimum absolute atomic E-state index is 0.320. The number of aryl methyl sites for hydroxylation is 1. The van der Waals surface area contributed by atoms with E-state index in [0.29, 0.717) is 5.56 Å². The van der Waals surface area contributed by atoms with E-state index in [-0.39, 0.29) is 11.8 Å². The maximum Gasteiger partial charge on any atom is 0.270 e. The van der Waals surface area contributed by atoms with Crippen molar-refractivity contribution in [3.63, 3.8) is 0 Å². The number of nitrogens with zero attached hydrogens (tertiary/aromatic N) is 2. The molecule has 0 unspecified atom stereocenters. The molecule has 7 heteroatoms. The highest BCUT2D eigenvalue weighted by Gasteiger charge is 2.32. The number of carbonyl (C=O) groups is 2. The van der Waals surface area contributed by atoms with Gasteiger partial charge < -0.3 is 5.32 Å². The van der Waals surface area contributed by atoms with E-state index < -0.39 is 5.54 Å². The standard InChI is InChI=1S/C17H21N3O3S/c1-11-10-24-15(18-11)13-8-6-12(7-9-13)14(21)19-17(2,3)16(22)20(4)23-5/h6-10H,1-5H3,(H,19,21). The number of hydroxylamine groups is 2. The van der Waals surface area contributed by atoms with Crippen molar-refractivity contribution in [3.8, 4) is 10.6 Å². The summed E-state index contributed by atoms with van der Waals surface area (Å²) in [5.41, 5.74) is 1.33. The molecule has 0 spiro atoms. The first-order valence-electron chi connectivity index (χ1n) is 7.42. The molecule has 24 heavy (non-hydrogen) atoms. The number of nitrogens with one attached hydrogen (secondary N) is 1. The summed E-state index contributed by atoms with van der Waals surface area (Å²) in [4.78, 5) is 33.9. The Balaban J connectivity index is 2.11. The summed E-state index contributed by atoms with van der Waals surface area (Å²) in [5, 5.41) is 6.72. The lowest BCUT2D eigenvalue weighted by Crippen LogP contribution is -2.54. The van der Waals surface area contributed by atoms with Crippen LogP contribution in [0.25, 0.3) is 10.6 Å². The molecule has 2 aromatic rings. The Morgan fingerprint density at radius 2 is 1.88 bits per heavy atom. The number of carbonyl (C=O) groups excluding carboxylic acids is 2. The molecule has 128 valence electrons. The van der Waals surface area contributed by atoms with Crippen LogP contribution in [-0.2, 0) is 9.63 Å². The summed E-state index contributed by atoms with van der Waals surface area (Å²) in [6.07, 6.45) is 0. The van der Waals surface area contributed by atoms with Crippen LogP contribution < -0.4 is 5.32 Å². The molecule has 0 aliphatic rings. The Bertz CT molecular complexity index is 738. The largest absolute Gasteiger partial charge is 0.338 e. The second-order valence-electron chi connectivity index (χ2n) is 5.94. The van der Waals surface area contributed by atoms with Crippen molar-refractivity contribution in [1.82, 2.24) is 15.4 Å². The summed E-state index contributed by atoms with van der Waals surface area (Å²) in [7, 11) is 2.90. The molecule has 1 N–H and O–H groups in total. The van der Waals surface area contributed by atoms with Crippen LogP contribution in [0.4, 0.5) is 0 Å². The van der Waals surface area contributed by atoms with E-state index in [9.17, 15) is 9.59 Å². The van der Waals surface area contributed by atoms with E-state index in [1.54, 1.807) is 37.3 Å². The Kier molecular flexibility index (Phi) is 5.36. The van der Waals surface area contributed by atoms with Gasteiger partial charge in [-0.1, -0.05) is 12.1 Å². The van der Waals surface area contributed by atoms with Crippen LogP contribution in [0.3, 0.4) is 0 Å². The van der Waals surface area contributed by atoms with E-state index in [2.05, 4.69) is 10.3 Å². The van der Waals surface area contributed by atoms with Crippen molar-refractivity contribution in [2.24, 2.45) is 0 Å². The number of thiazole rings is 1. The molecule has 0 radical (unpaired) electrons. The molecule has 0 aliphatic carbocycles. The van der Waals surface area contributed by atoms with Gasteiger partial charge in [0, 0.05) is 29.2 Å². The maximum absolute atomic E-state index is 12.4. The van der Waals surface area contributed by atoms with Crippen LogP contribution in [0.5, 0.6) is 0 Å². The van der Waals surface area contributed by atoms with Crippen molar-refractivity contribution in [2.75, 3.05) is 14.2 Å². The molecule has 1 heterocycles. The number of amides is 2. The predicted octanol–water partition coefficient (Wildman–Crippen LogP) is 2.65. The molecule has 1 aromatic heterocycles. The molecule has 0 saturated heterocycles. The first-order chi connectivity index (χ1) is 11.2. The Morgan fingerprint density at radius 1 is 1.25 bits per heavy atom. The van der Waals surface area contributed by atoms with Crippen molar-refractivity contribution in [1.29, 1.82) is 0 Å². The van der Waals surface area contributed by atoms with Crippen molar-refractivity contribution in [3.05, 3.63) is 40.9 Å². The number of likely N-dealkylation sites (N-methyl/N-ethyl adjacent to an activating group) is 1. The highest BCUT2D eigenvalue weighted by Crippen LogP contribution is 2.23. The number of benzene rings is 1. The van der Waals surface area contributed by atoms with Crippen LogP contribution in [0.2, 0.25) is 0 Å². The molecule has 2 amide bonds. The smallest absolute Gasteiger partial charge is 0.270 e. The molecule has 2 rings (SSSR count). The lowest BCUT2D eigenvalue weighted by atomic mass is 10.0. The summed E-state index contributed by atoms with van der Waals surface area (Å²) < 4.78 is 0. The SMILES string of the molecule is CON(C)C(=O)C(C)(C)NC(=O)c1ccc(-c2nc(C)cs2)cc1. The van der Waals surface area contributed by atoms with Crippen molar-refractivity contribution >= 4 is 23.2 Å². The molecule has 0 atom stereocenters. The van der Waals surface area contributed by atoms with E-state index >= 15 is 0 Å². The lowest BCUT2D eigenvalue weighted by Gasteiger charge is -2.28. The van der Waals surface area contributed by atoms with Gasteiger partial charge in [-0.15, -0.1) is 11.3 Å². The van der Waals surface area contributed by atoms with Gasteiger partial charge in [0.15, 0.2) is 0 Å². The molecule has 0 aliphatic heterocycles. The van der Waals surface area contributed by atoms with Gasteiger partial charge in [0.25, 0.3) is 11.8 Å². The van der Waals surface area contributed by atoms with E-state index in [4.69, 9.17) is 4.84 Å². The van der Waals surface area contributed by atoms with Gasteiger partial charge >= 0.3 is 0 Å². The fourth-order valence-corrected chi connectivity index (χ4v) is 2.94. The van der Waals surface area contributed by atoms with Crippen LogP contribution >= 0.6 is 11.3 Å². The minimum atomic E-state index is -1.08. The topological polar surface area (TPSA) is 71.5 Å². The molecular weight excluding hydrogens is 326 g/mol. The second kappa shape index (κ2) is 7.11. The molecule has 1 aromatic carbocycles. The number of aromatic nitrogens is 1. The van der Waals surface area contributed by atoms with E-state index in [1.165, 1.54) is 14.2 Å². The quantitative estimate of drug-likeness (QED) is 0.844. The molecule has 0 saturated carbocycles. The molecule has 6 nitrogen and oxygen atoms in total. The average Bonchev–Trinajstić information content (AvgIpc) is 2.99. The van der Waals surface area contributed by atoms with Gasteiger partial charge in [-0.05, 0) is 32.9 Å². The highest BCUT2D eigenvalue weighted by molar-refractivity contribution is 7.13. The van der Waals surface area contributed by atoms with Gasteiger partial charge in [-0.3, -0.25) is 14.4 Å². The molecular formula is C17H21N3O3S. The lowest BCUT2D eigenvalue weighted by molar-refractivity contribution is -0.174. The number of hydrogen-bond acceptors (Lipinski definition) is 5. The number of hydrogen-bond donors (Lipinski definition) is 1. The second-order valence-corrected chi connectivity index (χ2v) is 6.79. The van der Waals surface area contributed by atoms with E-state index in [1.807, 2.05) is 24.4 Å². The van der Waals surface area contributed by atoms with Gasteiger partial charge in [-0.25, -0.2) is 10.0 Å². The Labute approximate surface area is 145 Å². The van der Waals surface area contributed by atoms with Crippen LogP contribution in [0.1, 0.15) is 29.9 Å². The van der Waals surface area contributed by atoms with Gasteiger partial charge in [0.05, 0.1) is 7.11 Å². The van der Waals surface area contributed by atoms with Crippen molar-refractivity contribution < 1.29 is 14.4 Å². The zero-order valence-corrected chi connectivity index (χ0v) is 15.2. The highest BCUT2D eigenvalue weighted by atomic mass is 32.1. The van der Waals surface area contributed by atoms with Crippen LogP contribution in [0.15, 0.2) is 29.6 Å². The molecule has 0 bridgehead atoms. The summed E-state index contributed by atoms with van der Waals surface area (Å²) in [6.45, 7) is 5.21. The Morgan fingerprint density at radius 3 is 2.38 bits per heavy atom. The van der Waals surface area contributed by atoms with Crippen molar-refractivity contribution in [2.45, 2.75) is 26.3 Å². The van der Waals surface area contributed by atoms with Gasteiger partial charge in [-0.2, -0.15) is 0 Å². The summed E-state index contributed by atoms with van der Waals surface area (Å²) in [6, 6.07) is 7.15. The zero-order valence-electron chi connectivity index (χ0n) is 14.4. The van der Waals surface area contributed by atoms with Crippen LogP contribution in [-0.4, -0.2) is 41.6 Å². The summed E-state index contributed by atoms with van der Waals surface area (Å²) in [5.74, 6) is -0.659. The normalized spacial score (nSPS) is 11.2. The third-order valence-electron chi connectivity index (χ3n) is 3.53. The zero-order chi connectivity index (χ0) is 17.9. The maximum atomic E-state index is 12.4. The van der Waals surface area contributed by atoms with Gasteiger partial charge in [0.1, 0.15) is 10.5 Å². The minimum Gasteiger partial charge on any atom is -0.338 e. The number of rotatable bonds is 5. The fraction of sp³-hybridized carbons (Fsp3) is 0.353. The average molecular weight is 347 g/mol. The Hall–Kier alpha value is -2.25. The van der Waals surface area contributed by atoms with Gasteiger partial charge in [0.2, 0.25) is 0 Å². The van der Waals surface area contributed by atoms with Crippen LogP contribution in [0, 0.1) is 6.92 Å². The fourth-order valence-electron chi connectivity index (χ4n) is 2.14.